The average Bonchev–Trinajstić information content (AvgIpc) is 2.74. The lowest BCUT2D eigenvalue weighted by Gasteiger charge is -2.28. The van der Waals surface area contributed by atoms with Crippen molar-refractivity contribution in [2.45, 2.75) is 32.7 Å². The number of ketones is 1. The first-order valence-corrected chi connectivity index (χ1v) is 10.0. The Morgan fingerprint density at radius 3 is 2.48 bits per heavy atom. The van der Waals surface area contributed by atoms with Gasteiger partial charge >= 0.3 is 0 Å². The Hall–Kier alpha value is -2.79. The molecule has 154 valence electrons. The van der Waals surface area contributed by atoms with Gasteiger partial charge in [-0.1, -0.05) is 42.3 Å². The van der Waals surface area contributed by atoms with Crippen molar-refractivity contribution in [2.24, 2.45) is 0 Å². The van der Waals surface area contributed by atoms with E-state index in [1.54, 1.807) is 19.3 Å². The molecule has 5 heteroatoms. The number of benzene rings is 2. The highest BCUT2D eigenvalue weighted by Gasteiger charge is 2.24. The minimum Gasteiger partial charge on any atom is -0.507 e. The number of carbonyl (C=O) groups is 1. The number of phenols is 1. The molecule has 2 aromatic rings. The van der Waals surface area contributed by atoms with Crippen LogP contribution in [0.3, 0.4) is 0 Å². The van der Waals surface area contributed by atoms with Crippen molar-refractivity contribution in [3.8, 4) is 17.2 Å². The van der Waals surface area contributed by atoms with E-state index in [9.17, 15) is 9.90 Å². The average molecular weight is 395 g/mol. The third-order valence-electron chi connectivity index (χ3n) is 5.31. The van der Waals surface area contributed by atoms with Gasteiger partial charge in [0, 0.05) is 12.6 Å². The van der Waals surface area contributed by atoms with Gasteiger partial charge in [-0.05, 0) is 44.5 Å². The zero-order valence-corrected chi connectivity index (χ0v) is 17.4. The van der Waals surface area contributed by atoms with Crippen LogP contribution in [0.25, 0.3) is 6.08 Å². The van der Waals surface area contributed by atoms with Crippen LogP contribution >= 0.6 is 0 Å². The lowest BCUT2D eigenvalue weighted by atomic mass is 10.00. The molecule has 0 aliphatic carbocycles. The number of carbonyl (C=O) groups excluding carboxylic acids is 1. The van der Waals surface area contributed by atoms with Crippen LogP contribution in [0.5, 0.6) is 17.2 Å². The Morgan fingerprint density at radius 1 is 1.10 bits per heavy atom. The highest BCUT2D eigenvalue weighted by atomic mass is 16.5. The van der Waals surface area contributed by atoms with Crippen LogP contribution in [0.15, 0.2) is 36.4 Å². The lowest BCUT2D eigenvalue weighted by molar-refractivity contribution is 0.104. The predicted octanol–water partition coefficient (Wildman–Crippen LogP) is 4.60. The largest absolute Gasteiger partial charge is 0.507 e. The Bertz CT molecular complexity index is 898. The van der Waals surface area contributed by atoms with E-state index < -0.39 is 0 Å². The predicted molar refractivity (Wildman–Crippen MR) is 115 cm³/mol. The van der Waals surface area contributed by atoms with Crippen LogP contribution < -0.4 is 9.47 Å². The van der Waals surface area contributed by atoms with Gasteiger partial charge in [0.1, 0.15) is 22.8 Å². The quantitative estimate of drug-likeness (QED) is 0.548. The first-order chi connectivity index (χ1) is 14.0. The maximum atomic E-state index is 13.0. The third-order valence-corrected chi connectivity index (χ3v) is 5.31. The summed E-state index contributed by atoms with van der Waals surface area (Å²) in [5.74, 6) is 0.471. The topological polar surface area (TPSA) is 59.0 Å². The Morgan fingerprint density at radius 2 is 1.83 bits per heavy atom. The van der Waals surface area contributed by atoms with E-state index in [-0.39, 0.29) is 17.1 Å². The van der Waals surface area contributed by atoms with Gasteiger partial charge in [-0.15, -0.1) is 0 Å². The van der Waals surface area contributed by atoms with Crippen molar-refractivity contribution in [2.75, 3.05) is 27.3 Å². The summed E-state index contributed by atoms with van der Waals surface area (Å²) in [7, 11) is 3.05. The number of piperidine rings is 1. The minimum atomic E-state index is -0.302. The molecular weight excluding hydrogens is 366 g/mol. The van der Waals surface area contributed by atoms with Crippen molar-refractivity contribution in [3.05, 3.63) is 58.7 Å². The molecule has 0 atom stereocenters. The van der Waals surface area contributed by atoms with E-state index in [1.807, 2.05) is 31.2 Å². The highest BCUT2D eigenvalue weighted by molar-refractivity contribution is 6.11. The van der Waals surface area contributed by atoms with E-state index >= 15 is 0 Å². The van der Waals surface area contributed by atoms with Gasteiger partial charge in [0.25, 0.3) is 0 Å². The minimum absolute atomic E-state index is 0.0642. The molecule has 1 saturated heterocycles. The van der Waals surface area contributed by atoms with Gasteiger partial charge in [0.2, 0.25) is 0 Å². The Balaban J connectivity index is 1.95. The Kier molecular flexibility index (Phi) is 6.94. The van der Waals surface area contributed by atoms with Gasteiger partial charge in [-0.25, -0.2) is 0 Å². The summed E-state index contributed by atoms with van der Waals surface area (Å²) in [4.78, 5) is 15.2. The third kappa shape index (κ3) is 4.98. The first kappa shape index (κ1) is 20.9. The molecule has 3 rings (SSSR count). The fourth-order valence-corrected chi connectivity index (χ4v) is 3.77. The molecule has 0 radical (unpaired) electrons. The van der Waals surface area contributed by atoms with E-state index in [0.717, 1.165) is 37.1 Å². The normalized spacial score (nSPS) is 14.9. The van der Waals surface area contributed by atoms with Gasteiger partial charge in [-0.3, -0.25) is 9.69 Å². The molecule has 29 heavy (non-hydrogen) atoms. The molecule has 0 bridgehead atoms. The molecule has 0 amide bonds. The summed E-state index contributed by atoms with van der Waals surface area (Å²) in [5.41, 5.74) is 2.85. The zero-order valence-electron chi connectivity index (χ0n) is 17.4. The molecular formula is C24H29NO4. The number of ether oxygens (including phenoxy) is 2. The number of rotatable bonds is 7. The summed E-state index contributed by atoms with van der Waals surface area (Å²) in [6.45, 7) is 4.50. The van der Waals surface area contributed by atoms with Crippen LogP contribution in [0, 0.1) is 6.92 Å². The molecule has 0 saturated carbocycles. The number of likely N-dealkylation sites (tertiary alicyclic amines) is 1. The summed E-state index contributed by atoms with van der Waals surface area (Å²) < 4.78 is 10.9. The van der Waals surface area contributed by atoms with Crippen LogP contribution in [0.2, 0.25) is 0 Å². The standard InChI is InChI=1S/C24H29NO4/c1-17-8-7-9-18(14-17)10-11-20(26)23-22(29-3)15-21(28-2)19(24(23)27)16-25-12-5-4-6-13-25/h7-11,14-15,27H,4-6,12-13,16H2,1-3H3/b11-10+. The molecule has 2 aromatic carbocycles. The molecule has 1 heterocycles. The summed E-state index contributed by atoms with van der Waals surface area (Å²) in [6, 6.07) is 9.57. The molecule has 0 aromatic heterocycles. The van der Waals surface area contributed by atoms with Crippen molar-refractivity contribution in [1.82, 2.24) is 4.90 Å². The molecule has 5 nitrogen and oxygen atoms in total. The zero-order chi connectivity index (χ0) is 20.8. The van der Waals surface area contributed by atoms with Crippen molar-refractivity contribution >= 4 is 11.9 Å². The second-order valence-corrected chi connectivity index (χ2v) is 7.43. The van der Waals surface area contributed by atoms with Crippen LogP contribution in [0.4, 0.5) is 0 Å². The van der Waals surface area contributed by atoms with Gasteiger partial charge < -0.3 is 14.6 Å². The first-order valence-electron chi connectivity index (χ1n) is 10.0. The van der Waals surface area contributed by atoms with E-state index in [2.05, 4.69) is 4.90 Å². The van der Waals surface area contributed by atoms with Crippen LogP contribution in [0.1, 0.15) is 46.3 Å². The number of hydrogen-bond donors (Lipinski definition) is 1. The van der Waals surface area contributed by atoms with Gasteiger partial charge in [-0.2, -0.15) is 0 Å². The van der Waals surface area contributed by atoms with E-state index in [1.165, 1.54) is 19.6 Å². The maximum Gasteiger partial charge on any atom is 0.193 e. The number of aromatic hydroxyl groups is 1. The van der Waals surface area contributed by atoms with Gasteiger partial charge in [0.05, 0.1) is 19.8 Å². The second kappa shape index (κ2) is 9.61. The SMILES string of the molecule is COc1cc(OC)c(C(=O)/C=C/c2cccc(C)c2)c(O)c1CN1CCCCC1. The number of aryl methyl sites for hydroxylation is 1. The summed E-state index contributed by atoms with van der Waals surface area (Å²) in [5, 5.41) is 11.0. The van der Waals surface area contributed by atoms with Crippen molar-refractivity contribution in [3.63, 3.8) is 0 Å². The summed E-state index contributed by atoms with van der Waals surface area (Å²) in [6.07, 6.45) is 6.75. The van der Waals surface area contributed by atoms with E-state index in [4.69, 9.17) is 9.47 Å². The van der Waals surface area contributed by atoms with Crippen molar-refractivity contribution in [1.29, 1.82) is 0 Å². The number of allylic oxidation sites excluding steroid dienone is 1. The monoisotopic (exact) mass is 395 g/mol. The number of phenolic OH excluding ortho intramolecular Hbond substituents is 1. The number of nitrogens with zero attached hydrogens (tertiary/aromatic N) is 1. The van der Waals surface area contributed by atoms with Crippen molar-refractivity contribution < 1.29 is 19.4 Å². The molecule has 1 aliphatic rings. The maximum absolute atomic E-state index is 13.0. The summed E-state index contributed by atoms with van der Waals surface area (Å²) >= 11 is 0. The highest BCUT2D eigenvalue weighted by Crippen LogP contribution is 2.40. The Labute approximate surface area is 172 Å². The van der Waals surface area contributed by atoms with Crippen LogP contribution in [-0.2, 0) is 6.54 Å². The molecule has 1 aliphatic heterocycles. The van der Waals surface area contributed by atoms with E-state index in [0.29, 0.717) is 23.6 Å². The number of methoxy groups -OCH3 is 2. The lowest BCUT2D eigenvalue weighted by Crippen LogP contribution is -2.29. The molecule has 1 fully saturated rings. The molecule has 1 N–H and O–H groups in total. The molecule has 0 spiro atoms. The van der Waals surface area contributed by atoms with Crippen LogP contribution in [-0.4, -0.2) is 43.1 Å². The smallest absolute Gasteiger partial charge is 0.193 e. The molecule has 0 unspecified atom stereocenters. The second-order valence-electron chi connectivity index (χ2n) is 7.43. The number of hydrogen-bond acceptors (Lipinski definition) is 5. The van der Waals surface area contributed by atoms with Gasteiger partial charge in [0.15, 0.2) is 5.78 Å². The fraction of sp³-hybridized carbons (Fsp3) is 0.375. The fourth-order valence-electron chi connectivity index (χ4n) is 3.77.